The second-order valence-electron chi connectivity index (χ2n) is 7.83. The zero-order chi connectivity index (χ0) is 23.4. The van der Waals surface area contributed by atoms with Crippen LogP contribution in [0.3, 0.4) is 0 Å². The van der Waals surface area contributed by atoms with E-state index in [-0.39, 0.29) is 16.7 Å². The number of halogens is 1. The third-order valence-corrected chi connectivity index (χ3v) is 6.14. The molecule has 0 radical (unpaired) electrons. The van der Waals surface area contributed by atoms with E-state index in [9.17, 15) is 10.1 Å². The van der Waals surface area contributed by atoms with Crippen LogP contribution >= 0.6 is 11.6 Å². The fraction of sp³-hybridized carbons (Fsp3) is 0.231. The summed E-state index contributed by atoms with van der Waals surface area (Å²) in [5, 5.41) is 12.0. The molecule has 6 nitrogen and oxygen atoms in total. The van der Waals surface area contributed by atoms with Crippen molar-refractivity contribution in [1.29, 1.82) is 0 Å². The van der Waals surface area contributed by atoms with Crippen LogP contribution in [0.4, 0.5) is 5.69 Å². The molecule has 3 aromatic rings. The molecule has 1 aliphatic heterocycles. The van der Waals surface area contributed by atoms with E-state index in [1.165, 1.54) is 11.6 Å². The van der Waals surface area contributed by atoms with Crippen molar-refractivity contribution >= 4 is 23.4 Å². The van der Waals surface area contributed by atoms with Crippen LogP contribution in [0.25, 0.3) is 6.08 Å². The minimum Gasteiger partial charge on any atom is -0.493 e. The number of fused-ring (bicyclic) bond motifs is 1. The van der Waals surface area contributed by atoms with Gasteiger partial charge in [-0.25, -0.2) is 0 Å². The summed E-state index contributed by atoms with van der Waals surface area (Å²) in [6.45, 7) is 1.44. The summed E-state index contributed by atoms with van der Waals surface area (Å²) in [6, 6.07) is 18.7. The van der Waals surface area contributed by atoms with Gasteiger partial charge in [-0.05, 0) is 53.4 Å². The fourth-order valence-electron chi connectivity index (χ4n) is 4.37. The molecule has 0 bridgehead atoms. The Labute approximate surface area is 198 Å². The Morgan fingerprint density at radius 3 is 2.58 bits per heavy atom. The first-order valence-electron chi connectivity index (χ1n) is 10.7. The molecule has 33 heavy (non-hydrogen) atoms. The number of nitrogens with zero attached hydrogens (tertiary/aromatic N) is 2. The molecule has 0 saturated heterocycles. The molecule has 0 N–H and O–H groups in total. The van der Waals surface area contributed by atoms with Crippen molar-refractivity contribution in [2.45, 2.75) is 12.5 Å². The van der Waals surface area contributed by atoms with Crippen molar-refractivity contribution < 1.29 is 14.4 Å². The molecule has 1 aliphatic rings. The van der Waals surface area contributed by atoms with E-state index < -0.39 is 0 Å². The Bertz CT molecular complexity index is 1190. The SMILES string of the molecule is COc1cc2c(cc1OC)[C@H](c1cccc(Cl)c1)N(C/C=C/c1ccccc1[N+](=O)[O-])CC2. The summed E-state index contributed by atoms with van der Waals surface area (Å²) in [4.78, 5) is 13.3. The first-order chi connectivity index (χ1) is 16.0. The maximum atomic E-state index is 11.3. The van der Waals surface area contributed by atoms with Gasteiger partial charge in [0.05, 0.1) is 30.7 Å². The Hall–Kier alpha value is -3.35. The average molecular weight is 465 g/mol. The third-order valence-electron chi connectivity index (χ3n) is 5.91. The van der Waals surface area contributed by atoms with Crippen LogP contribution in [-0.2, 0) is 6.42 Å². The van der Waals surface area contributed by atoms with Gasteiger partial charge >= 0.3 is 0 Å². The summed E-state index contributed by atoms with van der Waals surface area (Å²) in [6.07, 6.45) is 4.65. The second-order valence-corrected chi connectivity index (χ2v) is 8.26. The third kappa shape index (κ3) is 4.87. The van der Waals surface area contributed by atoms with E-state index in [0.717, 1.165) is 24.1 Å². The number of para-hydroxylation sites is 1. The normalized spacial score (nSPS) is 15.9. The Balaban J connectivity index is 1.70. The van der Waals surface area contributed by atoms with Crippen LogP contribution in [0.15, 0.2) is 66.7 Å². The highest BCUT2D eigenvalue weighted by Gasteiger charge is 2.30. The quantitative estimate of drug-likeness (QED) is 0.320. The number of rotatable bonds is 7. The van der Waals surface area contributed by atoms with E-state index >= 15 is 0 Å². The van der Waals surface area contributed by atoms with Crippen LogP contribution in [-0.4, -0.2) is 37.1 Å². The van der Waals surface area contributed by atoms with Gasteiger partial charge in [0.2, 0.25) is 0 Å². The minimum absolute atomic E-state index is 0.0392. The smallest absolute Gasteiger partial charge is 0.276 e. The van der Waals surface area contributed by atoms with Crippen molar-refractivity contribution in [3.8, 4) is 11.5 Å². The van der Waals surface area contributed by atoms with Crippen molar-refractivity contribution in [1.82, 2.24) is 4.90 Å². The molecule has 0 fully saturated rings. The lowest BCUT2D eigenvalue weighted by Gasteiger charge is -2.37. The predicted molar refractivity (Wildman–Crippen MR) is 130 cm³/mol. The van der Waals surface area contributed by atoms with Gasteiger partial charge < -0.3 is 9.47 Å². The number of methoxy groups -OCH3 is 2. The van der Waals surface area contributed by atoms with Gasteiger partial charge in [0, 0.05) is 24.2 Å². The molecule has 3 aromatic carbocycles. The summed E-state index contributed by atoms with van der Waals surface area (Å²) < 4.78 is 11.1. The first kappa shape index (κ1) is 22.8. The largest absolute Gasteiger partial charge is 0.493 e. The van der Waals surface area contributed by atoms with Crippen molar-refractivity contribution in [2.75, 3.05) is 27.3 Å². The molecule has 0 aromatic heterocycles. The molecule has 0 amide bonds. The van der Waals surface area contributed by atoms with Gasteiger partial charge in [-0.2, -0.15) is 0 Å². The van der Waals surface area contributed by atoms with Gasteiger partial charge in [-0.3, -0.25) is 15.0 Å². The van der Waals surface area contributed by atoms with E-state index in [2.05, 4.69) is 11.0 Å². The molecule has 0 aliphatic carbocycles. The van der Waals surface area contributed by atoms with E-state index in [0.29, 0.717) is 28.6 Å². The summed E-state index contributed by atoms with van der Waals surface area (Å²) in [5.74, 6) is 1.39. The second kappa shape index (κ2) is 10.1. The monoisotopic (exact) mass is 464 g/mol. The maximum absolute atomic E-state index is 11.3. The van der Waals surface area contributed by atoms with Gasteiger partial charge in [-0.15, -0.1) is 0 Å². The van der Waals surface area contributed by atoms with Crippen molar-refractivity contribution in [2.24, 2.45) is 0 Å². The van der Waals surface area contributed by atoms with Crippen LogP contribution in [0, 0.1) is 10.1 Å². The summed E-state index contributed by atoms with van der Waals surface area (Å²) in [7, 11) is 3.27. The van der Waals surface area contributed by atoms with E-state index in [1.54, 1.807) is 32.4 Å². The number of nitro groups is 1. The topological polar surface area (TPSA) is 64.8 Å². The van der Waals surface area contributed by atoms with Gasteiger partial charge in [0.25, 0.3) is 5.69 Å². The molecule has 4 rings (SSSR count). The Morgan fingerprint density at radius 1 is 1.09 bits per heavy atom. The average Bonchev–Trinajstić information content (AvgIpc) is 2.83. The summed E-state index contributed by atoms with van der Waals surface area (Å²) >= 11 is 6.34. The van der Waals surface area contributed by atoms with Crippen LogP contribution in [0.1, 0.15) is 28.3 Å². The highest BCUT2D eigenvalue weighted by atomic mass is 35.5. The zero-order valence-electron chi connectivity index (χ0n) is 18.5. The van der Waals surface area contributed by atoms with Crippen LogP contribution in [0.2, 0.25) is 5.02 Å². The fourth-order valence-corrected chi connectivity index (χ4v) is 4.57. The minimum atomic E-state index is -0.356. The molecule has 1 atom stereocenters. The maximum Gasteiger partial charge on any atom is 0.276 e. The van der Waals surface area contributed by atoms with E-state index in [4.69, 9.17) is 21.1 Å². The number of hydrogen-bond acceptors (Lipinski definition) is 5. The Kier molecular flexibility index (Phi) is 6.96. The molecule has 0 saturated carbocycles. The molecular formula is C26H25ClN2O4. The predicted octanol–water partition coefficient (Wildman–Crippen LogP) is 5.93. The highest BCUT2D eigenvalue weighted by Crippen LogP contribution is 2.41. The molecule has 0 spiro atoms. The standard InChI is InChI=1S/C26H25ClN2O4/c1-32-24-16-19-12-14-28(13-6-9-18-7-3-4-11-23(18)29(30)31)26(22(19)17-25(24)33-2)20-8-5-10-21(27)15-20/h3-11,15-17,26H,12-14H2,1-2H3/b9-6+/t26-/m0/s1. The molecule has 170 valence electrons. The molecule has 7 heteroatoms. The lowest BCUT2D eigenvalue weighted by molar-refractivity contribution is -0.385. The van der Waals surface area contributed by atoms with Gasteiger partial charge in [-0.1, -0.05) is 48.0 Å². The number of benzene rings is 3. The van der Waals surface area contributed by atoms with Crippen LogP contribution in [0.5, 0.6) is 11.5 Å². The lowest BCUT2D eigenvalue weighted by atomic mass is 9.87. The van der Waals surface area contributed by atoms with Gasteiger partial charge in [0.15, 0.2) is 11.5 Å². The lowest BCUT2D eigenvalue weighted by Crippen LogP contribution is -2.36. The highest BCUT2D eigenvalue weighted by molar-refractivity contribution is 6.30. The number of ether oxygens (including phenoxy) is 2. The summed E-state index contributed by atoms with van der Waals surface area (Å²) in [5.41, 5.74) is 4.11. The van der Waals surface area contributed by atoms with E-state index in [1.807, 2.05) is 42.5 Å². The van der Waals surface area contributed by atoms with Crippen molar-refractivity contribution in [3.05, 3.63) is 104 Å². The molecule has 0 unspecified atom stereocenters. The first-order valence-corrected chi connectivity index (χ1v) is 11.0. The zero-order valence-corrected chi connectivity index (χ0v) is 19.3. The van der Waals surface area contributed by atoms with Gasteiger partial charge in [0.1, 0.15) is 0 Å². The number of nitro benzene ring substituents is 1. The molecule has 1 heterocycles. The van der Waals surface area contributed by atoms with Crippen LogP contribution < -0.4 is 9.47 Å². The van der Waals surface area contributed by atoms with Crippen molar-refractivity contribution in [3.63, 3.8) is 0 Å². The Morgan fingerprint density at radius 2 is 1.85 bits per heavy atom. The number of hydrogen-bond donors (Lipinski definition) is 0. The molecular weight excluding hydrogens is 440 g/mol.